The molecule has 0 fully saturated rings. The molecule has 0 aliphatic carbocycles. The van der Waals surface area contributed by atoms with Gasteiger partial charge in [0.15, 0.2) is 0 Å². The summed E-state index contributed by atoms with van der Waals surface area (Å²) in [5, 5.41) is 9.05. The van der Waals surface area contributed by atoms with E-state index >= 15 is 0 Å². The van der Waals surface area contributed by atoms with Gasteiger partial charge >= 0.3 is 0 Å². The molecule has 0 spiro atoms. The average Bonchev–Trinajstić information content (AvgIpc) is 2.15. The van der Waals surface area contributed by atoms with Crippen molar-refractivity contribution in [3.63, 3.8) is 0 Å². The van der Waals surface area contributed by atoms with E-state index in [9.17, 15) is 4.39 Å². The molecule has 14 heavy (non-hydrogen) atoms. The lowest BCUT2D eigenvalue weighted by Gasteiger charge is -2.20. The van der Waals surface area contributed by atoms with E-state index in [2.05, 4.69) is 6.07 Å². The molecule has 1 aromatic rings. The molecule has 0 N–H and O–H groups in total. The average molecular weight is 191 g/mol. The van der Waals surface area contributed by atoms with Gasteiger partial charge in [-0.1, -0.05) is 13.0 Å². The maximum atomic E-state index is 13.1. The second-order valence-electron chi connectivity index (χ2n) is 3.81. The van der Waals surface area contributed by atoms with Crippen LogP contribution in [-0.4, -0.2) is 0 Å². The number of nitrogens with zero attached hydrogens (tertiary/aromatic N) is 1. The number of benzene rings is 1. The summed E-state index contributed by atoms with van der Waals surface area (Å²) in [6, 6.07) is 7.02. The number of aryl methyl sites for hydroxylation is 1. The number of halogens is 1. The summed E-state index contributed by atoms with van der Waals surface area (Å²) in [6.07, 6.45) is 0.687. The van der Waals surface area contributed by atoms with Crippen molar-refractivity contribution in [2.75, 3.05) is 0 Å². The van der Waals surface area contributed by atoms with Crippen molar-refractivity contribution >= 4 is 0 Å². The van der Waals surface area contributed by atoms with E-state index in [1.54, 1.807) is 0 Å². The first-order chi connectivity index (χ1) is 6.51. The summed E-state index contributed by atoms with van der Waals surface area (Å²) in [4.78, 5) is 0. The van der Waals surface area contributed by atoms with E-state index in [0.717, 1.165) is 11.1 Å². The Bertz CT molecular complexity index is 358. The third kappa shape index (κ3) is 1.93. The zero-order valence-electron chi connectivity index (χ0n) is 8.76. The van der Waals surface area contributed by atoms with Gasteiger partial charge < -0.3 is 0 Å². The SMILES string of the molecule is CCC(C)(C#N)c1cc(C)cc(F)c1. The number of nitriles is 1. The third-order valence-electron chi connectivity index (χ3n) is 2.63. The van der Waals surface area contributed by atoms with Gasteiger partial charge in [0.2, 0.25) is 0 Å². The van der Waals surface area contributed by atoms with Gasteiger partial charge in [0, 0.05) is 0 Å². The van der Waals surface area contributed by atoms with Crippen LogP contribution in [0.2, 0.25) is 0 Å². The Balaban J connectivity index is 3.26. The van der Waals surface area contributed by atoms with Crippen molar-refractivity contribution in [1.29, 1.82) is 5.26 Å². The maximum Gasteiger partial charge on any atom is 0.123 e. The van der Waals surface area contributed by atoms with E-state index in [0.29, 0.717) is 6.42 Å². The lowest BCUT2D eigenvalue weighted by molar-refractivity contribution is 0.570. The fraction of sp³-hybridized carbons (Fsp3) is 0.417. The molecule has 0 heterocycles. The first kappa shape index (κ1) is 10.7. The molecular formula is C12H14FN. The highest BCUT2D eigenvalue weighted by molar-refractivity contribution is 5.34. The van der Waals surface area contributed by atoms with Crippen LogP contribution in [-0.2, 0) is 5.41 Å². The van der Waals surface area contributed by atoms with Gasteiger partial charge in [-0.25, -0.2) is 4.39 Å². The summed E-state index contributed by atoms with van der Waals surface area (Å²) in [5.74, 6) is -0.269. The van der Waals surface area contributed by atoms with Crippen molar-refractivity contribution in [3.8, 4) is 6.07 Å². The van der Waals surface area contributed by atoms with Gasteiger partial charge in [0.05, 0.1) is 11.5 Å². The van der Waals surface area contributed by atoms with Gasteiger partial charge in [-0.05, 0) is 43.5 Å². The van der Waals surface area contributed by atoms with Crippen molar-refractivity contribution < 1.29 is 4.39 Å². The summed E-state index contributed by atoms with van der Waals surface area (Å²) < 4.78 is 13.1. The molecule has 0 amide bonds. The number of hydrogen-bond acceptors (Lipinski definition) is 1. The molecule has 1 rings (SSSR count). The molecule has 0 radical (unpaired) electrons. The highest BCUT2D eigenvalue weighted by Crippen LogP contribution is 2.27. The lowest BCUT2D eigenvalue weighted by atomic mass is 9.81. The number of rotatable bonds is 2. The Kier molecular flexibility index (Phi) is 2.90. The smallest absolute Gasteiger partial charge is 0.123 e. The second-order valence-corrected chi connectivity index (χ2v) is 3.81. The van der Waals surface area contributed by atoms with Gasteiger partial charge in [0.1, 0.15) is 5.82 Å². The van der Waals surface area contributed by atoms with E-state index < -0.39 is 5.41 Å². The summed E-state index contributed by atoms with van der Waals surface area (Å²) in [6.45, 7) is 5.60. The zero-order valence-corrected chi connectivity index (χ0v) is 8.76. The quantitative estimate of drug-likeness (QED) is 0.703. The minimum Gasteiger partial charge on any atom is -0.207 e. The molecule has 0 aliphatic rings. The molecule has 1 unspecified atom stereocenters. The largest absolute Gasteiger partial charge is 0.207 e. The maximum absolute atomic E-state index is 13.1. The summed E-state index contributed by atoms with van der Waals surface area (Å²) in [5.41, 5.74) is 1.04. The van der Waals surface area contributed by atoms with Gasteiger partial charge in [-0.3, -0.25) is 0 Å². The minimum absolute atomic E-state index is 0.269. The highest BCUT2D eigenvalue weighted by Gasteiger charge is 2.24. The minimum atomic E-state index is -0.577. The van der Waals surface area contributed by atoms with Crippen LogP contribution in [0.4, 0.5) is 4.39 Å². The van der Waals surface area contributed by atoms with E-state index in [4.69, 9.17) is 5.26 Å². The molecule has 0 aliphatic heterocycles. The third-order valence-corrected chi connectivity index (χ3v) is 2.63. The van der Waals surface area contributed by atoms with Crippen LogP contribution in [0.5, 0.6) is 0 Å². The van der Waals surface area contributed by atoms with Crippen molar-refractivity contribution in [1.82, 2.24) is 0 Å². The topological polar surface area (TPSA) is 23.8 Å². The molecule has 0 bridgehead atoms. The first-order valence-electron chi connectivity index (χ1n) is 4.71. The van der Waals surface area contributed by atoms with E-state index in [-0.39, 0.29) is 5.82 Å². The molecule has 1 nitrogen and oxygen atoms in total. The van der Waals surface area contributed by atoms with Crippen LogP contribution in [0, 0.1) is 24.1 Å². The summed E-state index contributed by atoms with van der Waals surface area (Å²) in [7, 11) is 0. The van der Waals surface area contributed by atoms with Crippen LogP contribution in [0.3, 0.4) is 0 Å². The Morgan fingerprint density at radius 3 is 2.50 bits per heavy atom. The van der Waals surface area contributed by atoms with Crippen LogP contribution in [0.1, 0.15) is 31.4 Å². The van der Waals surface area contributed by atoms with Crippen molar-refractivity contribution in [2.24, 2.45) is 0 Å². The lowest BCUT2D eigenvalue weighted by Crippen LogP contribution is -2.18. The van der Waals surface area contributed by atoms with E-state index in [1.807, 2.05) is 26.8 Å². The predicted octanol–water partition coefficient (Wildman–Crippen LogP) is 3.33. The molecular weight excluding hydrogens is 177 g/mol. The van der Waals surface area contributed by atoms with Gasteiger partial charge in [-0.15, -0.1) is 0 Å². The Morgan fingerprint density at radius 1 is 1.43 bits per heavy atom. The molecule has 2 heteroatoms. The van der Waals surface area contributed by atoms with Crippen LogP contribution >= 0.6 is 0 Å². The second kappa shape index (κ2) is 3.79. The molecule has 0 aromatic heterocycles. The van der Waals surface area contributed by atoms with E-state index in [1.165, 1.54) is 12.1 Å². The Morgan fingerprint density at radius 2 is 2.07 bits per heavy atom. The molecule has 74 valence electrons. The molecule has 0 saturated carbocycles. The van der Waals surface area contributed by atoms with Gasteiger partial charge in [-0.2, -0.15) is 5.26 Å². The molecule has 1 aromatic carbocycles. The van der Waals surface area contributed by atoms with Crippen LogP contribution in [0.25, 0.3) is 0 Å². The van der Waals surface area contributed by atoms with Crippen molar-refractivity contribution in [3.05, 3.63) is 35.1 Å². The van der Waals surface area contributed by atoms with Gasteiger partial charge in [0.25, 0.3) is 0 Å². The molecule has 1 atom stereocenters. The zero-order chi connectivity index (χ0) is 10.8. The normalized spacial score (nSPS) is 14.5. The monoisotopic (exact) mass is 191 g/mol. The first-order valence-corrected chi connectivity index (χ1v) is 4.71. The fourth-order valence-electron chi connectivity index (χ4n) is 1.40. The number of hydrogen-bond donors (Lipinski definition) is 0. The predicted molar refractivity (Wildman–Crippen MR) is 54.4 cm³/mol. The standard InChI is InChI=1S/C12H14FN/c1-4-12(3,8-14)10-5-9(2)6-11(13)7-10/h5-7H,4H2,1-3H3. The Hall–Kier alpha value is -1.36. The fourth-order valence-corrected chi connectivity index (χ4v) is 1.40. The molecule has 0 saturated heterocycles. The highest BCUT2D eigenvalue weighted by atomic mass is 19.1. The Labute approximate surface area is 84.2 Å². The van der Waals surface area contributed by atoms with Crippen molar-refractivity contribution in [2.45, 2.75) is 32.6 Å². The summed E-state index contributed by atoms with van der Waals surface area (Å²) >= 11 is 0. The van der Waals surface area contributed by atoms with Crippen LogP contribution in [0.15, 0.2) is 18.2 Å². The van der Waals surface area contributed by atoms with Crippen LogP contribution < -0.4 is 0 Å².